The van der Waals surface area contributed by atoms with Crippen LogP contribution in [0.1, 0.15) is 5.56 Å². The van der Waals surface area contributed by atoms with Gasteiger partial charge in [0, 0.05) is 58.2 Å². The lowest BCUT2D eigenvalue weighted by atomic mass is 10.2. The number of piperazine rings is 1. The van der Waals surface area contributed by atoms with Crippen LogP contribution >= 0.6 is 0 Å². The summed E-state index contributed by atoms with van der Waals surface area (Å²) in [5.41, 5.74) is 1.40. The SMILES string of the molecule is CN(CCc1cc[nH]c1)CCN1CCNCC1. The van der Waals surface area contributed by atoms with Crippen molar-refractivity contribution in [3.63, 3.8) is 0 Å². The van der Waals surface area contributed by atoms with Crippen molar-refractivity contribution in [2.45, 2.75) is 6.42 Å². The van der Waals surface area contributed by atoms with Gasteiger partial charge in [-0.15, -0.1) is 0 Å². The van der Waals surface area contributed by atoms with E-state index in [0.29, 0.717) is 0 Å². The fraction of sp³-hybridized carbons (Fsp3) is 0.692. The van der Waals surface area contributed by atoms with E-state index >= 15 is 0 Å². The Morgan fingerprint density at radius 2 is 2.12 bits per heavy atom. The molecule has 0 spiro atoms. The minimum Gasteiger partial charge on any atom is -0.367 e. The summed E-state index contributed by atoms with van der Waals surface area (Å²) in [4.78, 5) is 8.07. The Labute approximate surface area is 104 Å². The smallest absolute Gasteiger partial charge is 0.0110 e. The van der Waals surface area contributed by atoms with E-state index in [1.54, 1.807) is 0 Å². The minimum absolute atomic E-state index is 1.14. The van der Waals surface area contributed by atoms with Crippen molar-refractivity contribution in [3.8, 4) is 0 Å². The molecule has 1 fully saturated rings. The predicted molar refractivity (Wildman–Crippen MR) is 71.3 cm³/mol. The van der Waals surface area contributed by atoms with Crippen LogP contribution in [0.15, 0.2) is 18.5 Å². The third-order valence-electron chi connectivity index (χ3n) is 3.45. The summed E-state index contributed by atoms with van der Waals surface area (Å²) in [6.07, 6.45) is 5.22. The number of rotatable bonds is 6. The van der Waals surface area contributed by atoms with Crippen molar-refractivity contribution in [1.29, 1.82) is 0 Å². The van der Waals surface area contributed by atoms with Gasteiger partial charge in [0.15, 0.2) is 0 Å². The molecule has 0 saturated carbocycles. The van der Waals surface area contributed by atoms with Gasteiger partial charge in [-0.25, -0.2) is 0 Å². The average molecular weight is 236 g/mol. The van der Waals surface area contributed by atoms with E-state index in [1.165, 1.54) is 31.7 Å². The van der Waals surface area contributed by atoms with Crippen LogP contribution in [0.3, 0.4) is 0 Å². The highest BCUT2D eigenvalue weighted by Crippen LogP contribution is 1.99. The van der Waals surface area contributed by atoms with E-state index in [0.717, 1.165) is 26.1 Å². The molecular weight excluding hydrogens is 212 g/mol. The number of nitrogens with one attached hydrogen (secondary N) is 2. The van der Waals surface area contributed by atoms with E-state index in [-0.39, 0.29) is 0 Å². The van der Waals surface area contributed by atoms with Crippen molar-refractivity contribution in [3.05, 3.63) is 24.0 Å². The second-order valence-electron chi connectivity index (χ2n) is 4.86. The molecule has 4 heteroatoms. The number of hydrogen-bond donors (Lipinski definition) is 2. The summed E-state index contributed by atoms with van der Waals surface area (Å²) in [6.45, 7) is 8.21. The largest absolute Gasteiger partial charge is 0.367 e. The third kappa shape index (κ3) is 4.50. The number of likely N-dealkylation sites (N-methyl/N-ethyl adjacent to an activating group) is 1. The number of aromatic amines is 1. The zero-order valence-corrected chi connectivity index (χ0v) is 10.8. The minimum atomic E-state index is 1.14. The fourth-order valence-electron chi connectivity index (χ4n) is 2.19. The zero-order valence-electron chi connectivity index (χ0n) is 10.8. The van der Waals surface area contributed by atoms with Gasteiger partial charge in [-0.3, -0.25) is 4.90 Å². The van der Waals surface area contributed by atoms with E-state index < -0.39 is 0 Å². The highest BCUT2D eigenvalue weighted by atomic mass is 15.2. The van der Waals surface area contributed by atoms with Crippen molar-refractivity contribution in [2.24, 2.45) is 0 Å². The molecule has 0 atom stereocenters. The number of aromatic nitrogens is 1. The molecule has 0 aliphatic carbocycles. The first-order valence-electron chi connectivity index (χ1n) is 6.58. The van der Waals surface area contributed by atoms with Gasteiger partial charge in [-0.2, -0.15) is 0 Å². The first kappa shape index (κ1) is 12.6. The topological polar surface area (TPSA) is 34.3 Å². The lowest BCUT2D eigenvalue weighted by molar-refractivity contribution is 0.206. The summed E-state index contributed by atoms with van der Waals surface area (Å²) in [7, 11) is 2.22. The monoisotopic (exact) mass is 236 g/mol. The first-order chi connectivity index (χ1) is 8.34. The van der Waals surface area contributed by atoms with Crippen LogP contribution in [0.4, 0.5) is 0 Å². The van der Waals surface area contributed by atoms with Crippen LogP contribution in [0.25, 0.3) is 0 Å². The summed E-state index contributed by atoms with van der Waals surface area (Å²) in [5, 5.41) is 3.39. The molecule has 1 aliphatic rings. The Morgan fingerprint density at radius 1 is 1.29 bits per heavy atom. The molecule has 1 aromatic rings. The van der Waals surface area contributed by atoms with Crippen molar-refractivity contribution >= 4 is 0 Å². The first-order valence-corrected chi connectivity index (χ1v) is 6.58. The molecule has 4 nitrogen and oxygen atoms in total. The van der Waals surface area contributed by atoms with Crippen LogP contribution < -0.4 is 5.32 Å². The van der Waals surface area contributed by atoms with Crippen LogP contribution in [0, 0.1) is 0 Å². The Hall–Kier alpha value is -0.840. The molecule has 0 amide bonds. The highest BCUT2D eigenvalue weighted by Gasteiger charge is 2.09. The van der Waals surface area contributed by atoms with Crippen LogP contribution in [-0.2, 0) is 6.42 Å². The van der Waals surface area contributed by atoms with Gasteiger partial charge in [-0.1, -0.05) is 0 Å². The molecule has 2 heterocycles. The maximum atomic E-state index is 3.39. The molecule has 0 unspecified atom stereocenters. The molecule has 1 aromatic heterocycles. The zero-order chi connectivity index (χ0) is 11.9. The van der Waals surface area contributed by atoms with Gasteiger partial charge in [0.05, 0.1) is 0 Å². The van der Waals surface area contributed by atoms with E-state index in [9.17, 15) is 0 Å². The Balaban J connectivity index is 1.58. The van der Waals surface area contributed by atoms with Crippen LogP contribution in [0.2, 0.25) is 0 Å². The number of nitrogens with zero attached hydrogens (tertiary/aromatic N) is 2. The molecule has 2 N–H and O–H groups in total. The van der Waals surface area contributed by atoms with Crippen LogP contribution in [-0.4, -0.2) is 67.6 Å². The summed E-state index contributed by atoms with van der Waals surface area (Å²) >= 11 is 0. The van der Waals surface area contributed by atoms with Gasteiger partial charge in [0.1, 0.15) is 0 Å². The predicted octanol–water partition coefficient (Wildman–Crippen LogP) is 0.394. The van der Waals surface area contributed by atoms with Gasteiger partial charge in [0.25, 0.3) is 0 Å². The normalized spacial score (nSPS) is 17.8. The quantitative estimate of drug-likeness (QED) is 0.750. The highest BCUT2D eigenvalue weighted by molar-refractivity contribution is 5.08. The van der Waals surface area contributed by atoms with Crippen LogP contribution in [0.5, 0.6) is 0 Å². The lowest BCUT2D eigenvalue weighted by Gasteiger charge is -2.29. The second kappa shape index (κ2) is 6.79. The lowest BCUT2D eigenvalue weighted by Crippen LogP contribution is -2.46. The maximum absolute atomic E-state index is 3.39. The summed E-state index contributed by atoms with van der Waals surface area (Å²) in [5.74, 6) is 0. The average Bonchev–Trinajstić information content (AvgIpc) is 2.88. The van der Waals surface area contributed by atoms with Crippen molar-refractivity contribution in [2.75, 3.05) is 52.9 Å². The molecule has 0 aromatic carbocycles. The van der Waals surface area contributed by atoms with Gasteiger partial charge in [-0.05, 0) is 25.1 Å². The Morgan fingerprint density at radius 3 is 2.82 bits per heavy atom. The van der Waals surface area contributed by atoms with Gasteiger partial charge < -0.3 is 15.2 Å². The van der Waals surface area contributed by atoms with E-state index in [1.807, 2.05) is 6.20 Å². The number of hydrogen-bond acceptors (Lipinski definition) is 3. The van der Waals surface area contributed by atoms with Gasteiger partial charge >= 0.3 is 0 Å². The second-order valence-corrected chi connectivity index (χ2v) is 4.86. The molecule has 0 bridgehead atoms. The van der Waals surface area contributed by atoms with Crippen molar-refractivity contribution in [1.82, 2.24) is 20.1 Å². The standard InChI is InChI=1S/C13H24N4/c1-16(7-3-13-2-4-15-12-13)10-11-17-8-5-14-6-9-17/h2,4,12,14-15H,3,5-11H2,1H3. The molecule has 96 valence electrons. The summed E-state index contributed by atoms with van der Waals surface area (Å²) in [6, 6.07) is 2.16. The third-order valence-corrected chi connectivity index (χ3v) is 3.45. The molecule has 2 rings (SSSR count). The van der Waals surface area contributed by atoms with E-state index in [4.69, 9.17) is 0 Å². The molecule has 1 aliphatic heterocycles. The molecule has 17 heavy (non-hydrogen) atoms. The molecular formula is C13H24N4. The molecule has 1 saturated heterocycles. The van der Waals surface area contributed by atoms with E-state index in [2.05, 4.69) is 39.4 Å². The summed E-state index contributed by atoms with van der Waals surface area (Å²) < 4.78 is 0. The Kier molecular flexibility index (Phi) is 5.04. The Bertz CT molecular complexity index is 290. The number of H-pyrrole nitrogens is 1. The molecule has 0 radical (unpaired) electrons. The maximum Gasteiger partial charge on any atom is 0.0110 e. The fourth-order valence-corrected chi connectivity index (χ4v) is 2.19. The van der Waals surface area contributed by atoms with Crippen molar-refractivity contribution < 1.29 is 0 Å². The van der Waals surface area contributed by atoms with Gasteiger partial charge in [0.2, 0.25) is 0 Å².